The quantitative estimate of drug-likeness (QED) is 0.604. The number of carbonyl (C=O) groups is 4. The van der Waals surface area contributed by atoms with Gasteiger partial charge in [0, 0.05) is 17.8 Å². The summed E-state index contributed by atoms with van der Waals surface area (Å²) in [5, 5.41) is 0. The van der Waals surface area contributed by atoms with Crippen LogP contribution in [0.15, 0.2) is 24.3 Å². The first-order valence-electron chi connectivity index (χ1n) is 9.58. The van der Waals surface area contributed by atoms with E-state index >= 15 is 0 Å². The first kappa shape index (κ1) is 17.7. The summed E-state index contributed by atoms with van der Waals surface area (Å²) in [5.74, 6) is -2.03. The Morgan fingerprint density at radius 1 is 1.04 bits per heavy atom. The van der Waals surface area contributed by atoms with Crippen molar-refractivity contribution in [1.82, 2.24) is 9.80 Å². The molecule has 2 heterocycles. The molecule has 1 aromatic rings. The van der Waals surface area contributed by atoms with E-state index in [0.717, 1.165) is 59.6 Å². The van der Waals surface area contributed by atoms with Gasteiger partial charge < -0.3 is 4.90 Å². The van der Waals surface area contributed by atoms with Crippen LogP contribution in [0.4, 0.5) is 10.5 Å². The normalized spacial score (nSPS) is 23.4. The summed E-state index contributed by atoms with van der Waals surface area (Å²) >= 11 is 0. The van der Waals surface area contributed by atoms with Crippen molar-refractivity contribution in [3.63, 3.8) is 0 Å². The minimum atomic E-state index is -0.891. The fraction of sp³-hybridized carbons (Fsp3) is 0.500. The lowest BCUT2D eigenvalue weighted by atomic mass is 9.96. The number of para-hydroxylation sites is 1. The Morgan fingerprint density at radius 2 is 1.74 bits per heavy atom. The molecule has 0 N–H and O–H groups in total. The molecular weight excluding hydrogens is 346 g/mol. The van der Waals surface area contributed by atoms with Gasteiger partial charge in [-0.15, -0.1) is 0 Å². The summed E-state index contributed by atoms with van der Waals surface area (Å²) in [6.45, 7) is 1.56. The van der Waals surface area contributed by atoms with Crippen LogP contribution < -0.4 is 4.90 Å². The van der Waals surface area contributed by atoms with E-state index in [4.69, 9.17) is 0 Å². The summed E-state index contributed by atoms with van der Waals surface area (Å²) < 4.78 is 0. The van der Waals surface area contributed by atoms with Crippen molar-refractivity contribution in [2.75, 3.05) is 11.4 Å². The molecule has 0 radical (unpaired) electrons. The van der Waals surface area contributed by atoms with E-state index in [1.807, 2.05) is 31.2 Å². The van der Waals surface area contributed by atoms with Gasteiger partial charge in [0.05, 0.1) is 0 Å². The zero-order valence-electron chi connectivity index (χ0n) is 15.4. The average Bonchev–Trinajstić information content (AvgIpc) is 3.25. The van der Waals surface area contributed by atoms with Crippen molar-refractivity contribution < 1.29 is 19.2 Å². The summed E-state index contributed by atoms with van der Waals surface area (Å²) in [5.41, 5.74) is 1.89. The zero-order chi connectivity index (χ0) is 19.1. The predicted octanol–water partition coefficient (Wildman–Crippen LogP) is 2.09. The molecule has 1 aromatic carbocycles. The molecule has 1 saturated heterocycles. The van der Waals surface area contributed by atoms with Crippen LogP contribution in [0.25, 0.3) is 0 Å². The number of imide groups is 2. The first-order valence-corrected chi connectivity index (χ1v) is 9.58. The van der Waals surface area contributed by atoms with Crippen LogP contribution in [0.5, 0.6) is 0 Å². The number of benzene rings is 1. The van der Waals surface area contributed by atoms with Gasteiger partial charge >= 0.3 is 17.8 Å². The Labute approximate surface area is 157 Å². The molecule has 1 saturated carbocycles. The fourth-order valence-corrected chi connectivity index (χ4v) is 4.43. The van der Waals surface area contributed by atoms with Gasteiger partial charge in [-0.1, -0.05) is 31.0 Å². The molecule has 3 aliphatic rings. The number of urea groups is 1. The fourth-order valence-electron chi connectivity index (χ4n) is 4.43. The smallest absolute Gasteiger partial charge is 0.308 e. The van der Waals surface area contributed by atoms with Gasteiger partial charge in [0.15, 0.2) is 0 Å². The lowest BCUT2D eigenvalue weighted by molar-refractivity contribution is -0.144. The van der Waals surface area contributed by atoms with E-state index in [9.17, 15) is 19.2 Å². The Balaban J connectivity index is 1.55. The predicted molar refractivity (Wildman–Crippen MR) is 97.9 cm³/mol. The van der Waals surface area contributed by atoms with Gasteiger partial charge in [-0.2, -0.15) is 0 Å². The average molecular weight is 369 g/mol. The molecule has 142 valence electrons. The molecule has 1 atom stereocenters. The maximum Gasteiger partial charge on any atom is 0.334 e. The maximum absolute atomic E-state index is 13.0. The molecule has 1 unspecified atom stereocenters. The van der Waals surface area contributed by atoms with Crippen LogP contribution in [0.2, 0.25) is 0 Å². The molecule has 0 bridgehead atoms. The second-order valence-corrected chi connectivity index (χ2v) is 7.57. The van der Waals surface area contributed by atoms with E-state index in [1.165, 1.54) is 0 Å². The minimum absolute atomic E-state index is 0.0261. The Bertz CT molecular complexity index is 815. The van der Waals surface area contributed by atoms with Crippen molar-refractivity contribution in [3.05, 3.63) is 29.8 Å². The van der Waals surface area contributed by atoms with Crippen LogP contribution >= 0.6 is 0 Å². The summed E-state index contributed by atoms with van der Waals surface area (Å²) in [6, 6.07) is 6.78. The number of anilines is 1. The number of amides is 5. The number of hydrogen-bond donors (Lipinski definition) is 0. The lowest BCUT2D eigenvalue weighted by Crippen LogP contribution is -2.49. The molecule has 5 amide bonds. The van der Waals surface area contributed by atoms with Crippen LogP contribution in [-0.2, 0) is 20.8 Å². The zero-order valence-corrected chi connectivity index (χ0v) is 15.4. The first-order chi connectivity index (χ1) is 13.0. The second kappa shape index (κ2) is 6.79. The molecule has 1 aliphatic carbocycles. The SMILES string of the molecule is CC1CCc2ccccc2N1C(=O)CN1C(=O)C(=O)N(C2CCCC2)C1=O. The topological polar surface area (TPSA) is 78.0 Å². The van der Waals surface area contributed by atoms with Crippen LogP contribution in [0, 0.1) is 0 Å². The summed E-state index contributed by atoms with van der Waals surface area (Å²) in [4.78, 5) is 53.9. The Morgan fingerprint density at radius 3 is 2.48 bits per heavy atom. The summed E-state index contributed by atoms with van der Waals surface area (Å²) in [6.07, 6.45) is 5.04. The minimum Gasteiger partial charge on any atom is -0.308 e. The van der Waals surface area contributed by atoms with Crippen molar-refractivity contribution in [3.8, 4) is 0 Å². The highest BCUT2D eigenvalue weighted by Gasteiger charge is 2.49. The second-order valence-electron chi connectivity index (χ2n) is 7.57. The number of hydrogen-bond acceptors (Lipinski definition) is 4. The van der Waals surface area contributed by atoms with E-state index in [-0.39, 0.29) is 18.0 Å². The van der Waals surface area contributed by atoms with Crippen molar-refractivity contribution in [2.45, 2.75) is 57.5 Å². The third kappa shape index (κ3) is 2.91. The van der Waals surface area contributed by atoms with Gasteiger partial charge in [-0.3, -0.25) is 19.3 Å². The Hall–Kier alpha value is -2.70. The van der Waals surface area contributed by atoms with Crippen molar-refractivity contribution >= 4 is 29.4 Å². The van der Waals surface area contributed by atoms with E-state index in [1.54, 1.807) is 4.90 Å². The van der Waals surface area contributed by atoms with Gasteiger partial charge in [0.1, 0.15) is 6.54 Å². The molecular formula is C20H23N3O4. The number of rotatable bonds is 3. The standard InChI is InChI=1S/C20H23N3O4/c1-13-10-11-14-6-2-5-9-16(14)22(13)17(24)12-21-18(25)19(26)23(20(21)27)15-7-3-4-8-15/h2,5-6,9,13,15H,3-4,7-8,10-12H2,1H3. The van der Waals surface area contributed by atoms with Gasteiger partial charge in [0.25, 0.3) is 0 Å². The van der Waals surface area contributed by atoms with Crippen molar-refractivity contribution in [2.24, 2.45) is 0 Å². The monoisotopic (exact) mass is 369 g/mol. The third-order valence-corrected chi connectivity index (χ3v) is 5.86. The van der Waals surface area contributed by atoms with E-state index in [2.05, 4.69) is 0 Å². The van der Waals surface area contributed by atoms with E-state index in [0.29, 0.717) is 0 Å². The molecule has 0 aromatic heterocycles. The van der Waals surface area contributed by atoms with Gasteiger partial charge in [-0.25, -0.2) is 9.69 Å². The number of aryl methyl sites for hydroxylation is 1. The van der Waals surface area contributed by atoms with Crippen LogP contribution in [0.1, 0.15) is 44.6 Å². The van der Waals surface area contributed by atoms with Crippen LogP contribution in [0.3, 0.4) is 0 Å². The number of carbonyl (C=O) groups excluding carboxylic acids is 4. The Kier molecular flexibility index (Phi) is 4.45. The molecule has 2 aliphatic heterocycles. The molecule has 2 fully saturated rings. The summed E-state index contributed by atoms with van der Waals surface area (Å²) in [7, 11) is 0. The van der Waals surface area contributed by atoms with Gasteiger partial charge in [-0.05, 0) is 44.2 Å². The highest BCUT2D eigenvalue weighted by molar-refractivity contribution is 6.45. The molecule has 4 rings (SSSR count). The molecule has 7 nitrogen and oxygen atoms in total. The largest absolute Gasteiger partial charge is 0.334 e. The number of nitrogens with zero attached hydrogens (tertiary/aromatic N) is 3. The molecule has 0 spiro atoms. The van der Waals surface area contributed by atoms with Crippen LogP contribution in [-0.4, -0.2) is 52.2 Å². The maximum atomic E-state index is 13.0. The molecule has 7 heteroatoms. The number of fused-ring (bicyclic) bond motifs is 1. The van der Waals surface area contributed by atoms with Gasteiger partial charge in [0.2, 0.25) is 5.91 Å². The van der Waals surface area contributed by atoms with Crippen molar-refractivity contribution in [1.29, 1.82) is 0 Å². The molecule has 27 heavy (non-hydrogen) atoms. The highest BCUT2D eigenvalue weighted by Crippen LogP contribution is 2.31. The third-order valence-electron chi connectivity index (χ3n) is 5.86. The highest BCUT2D eigenvalue weighted by atomic mass is 16.2. The van der Waals surface area contributed by atoms with E-state index < -0.39 is 24.4 Å². The lowest BCUT2D eigenvalue weighted by Gasteiger charge is -2.36.